The average Bonchev–Trinajstić information content (AvgIpc) is 2.17. The second-order valence-electron chi connectivity index (χ2n) is 3.85. The van der Waals surface area contributed by atoms with Crippen LogP contribution in [0.2, 0.25) is 0 Å². The third kappa shape index (κ3) is 3.37. The van der Waals surface area contributed by atoms with Crippen molar-refractivity contribution in [3.63, 3.8) is 0 Å². The van der Waals surface area contributed by atoms with Gasteiger partial charge in [0.2, 0.25) is 5.60 Å². The molecule has 0 heterocycles. The van der Waals surface area contributed by atoms with E-state index in [0.717, 1.165) is 9.99 Å². The van der Waals surface area contributed by atoms with Crippen LogP contribution in [0.1, 0.15) is 26.7 Å². The minimum atomic E-state index is -1.14. The second kappa shape index (κ2) is 5.52. The van der Waals surface area contributed by atoms with Crippen molar-refractivity contribution in [3.05, 3.63) is 27.8 Å². The highest BCUT2D eigenvalue weighted by Crippen LogP contribution is 2.24. The van der Waals surface area contributed by atoms with Crippen LogP contribution in [0, 0.1) is 3.57 Å². The fraction of sp³-hybridized carbons (Fsp3) is 0.417. The lowest BCUT2D eigenvalue weighted by Crippen LogP contribution is -2.41. The fourth-order valence-corrected chi connectivity index (χ4v) is 1.98. The topological polar surface area (TPSA) is 46.5 Å². The second-order valence-corrected chi connectivity index (χ2v) is 5.09. The largest absolute Gasteiger partial charge is 0.478 e. The highest BCUT2D eigenvalue weighted by atomic mass is 127. The van der Waals surface area contributed by atoms with Crippen LogP contribution in [0.15, 0.2) is 24.3 Å². The zero-order valence-corrected chi connectivity index (χ0v) is 11.5. The predicted molar refractivity (Wildman–Crippen MR) is 70.7 cm³/mol. The van der Waals surface area contributed by atoms with Crippen molar-refractivity contribution >= 4 is 28.6 Å². The Hall–Kier alpha value is -0.780. The zero-order chi connectivity index (χ0) is 12.2. The van der Waals surface area contributed by atoms with Crippen LogP contribution in [0.4, 0.5) is 0 Å². The molecule has 0 fully saturated rings. The average molecular weight is 334 g/mol. The molecule has 0 aliphatic heterocycles. The summed E-state index contributed by atoms with van der Waals surface area (Å²) in [6, 6.07) is 7.40. The third-order valence-electron chi connectivity index (χ3n) is 2.32. The lowest BCUT2D eigenvalue weighted by Gasteiger charge is -2.25. The molecule has 0 saturated heterocycles. The summed E-state index contributed by atoms with van der Waals surface area (Å²) in [4.78, 5) is 11.2. The molecule has 4 heteroatoms. The summed E-state index contributed by atoms with van der Waals surface area (Å²) in [6.07, 6.45) is 1.26. The molecule has 1 N–H and O–H groups in total. The summed E-state index contributed by atoms with van der Waals surface area (Å²) in [7, 11) is 0. The van der Waals surface area contributed by atoms with Gasteiger partial charge in [-0.2, -0.15) is 0 Å². The summed E-state index contributed by atoms with van der Waals surface area (Å²) in [5.41, 5.74) is -1.14. The molecule has 0 aliphatic rings. The Morgan fingerprint density at radius 3 is 2.75 bits per heavy atom. The number of hydrogen-bond donors (Lipinski definition) is 1. The number of carboxylic acid groups (broad SMARTS) is 1. The lowest BCUT2D eigenvalue weighted by molar-refractivity contribution is -0.154. The van der Waals surface area contributed by atoms with Crippen LogP contribution in [0.3, 0.4) is 0 Å². The van der Waals surface area contributed by atoms with E-state index in [-0.39, 0.29) is 0 Å². The van der Waals surface area contributed by atoms with Gasteiger partial charge in [-0.25, -0.2) is 4.79 Å². The van der Waals surface area contributed by atoms with E-state index in [0.29, 0.717) is 12.2 Å². The van der Waals surface area contributed by atoms with E-state index in [1.807, 2.05) is 25.1 Å². The molecule has 1 aromatic rings. The molecule has 0 saturated carbocycles. The first-order valence-electron chi connectivity index (χ1n) is 5.16. The van der Waals surface area contributed by atoms with Crippen LogP contribution < -0.4 is 4.74 Å². The maximum Gasteiger partial charge on any atom is 0.347 e. The number of ether oxygens (including phenoxy) is 1. The fourth-order valence-electron chi connectivity index (χ4n) is 1.47. The van der Waals surface area contributed by atoms with E-state index in [2.05, 4.69) is 22.6 Å². The normalized spacial score (nSPS) is 14.2. The number of benzene rings is 1. The van der Waals surface area contributed by atoms with E-state index in [1.54, 1.807) is 13.0 Å². The number of rotatable bonds is 5. The quantitative estimate of drug-likeness (QED) is 0.841. The minimum absolute atomic E-state index is 0.494. The first-order valence-corrected chi connectivity index (χ1v) is 6.24. The van der Waals surface area contributed by atoms with Crippen molar-refractivity contribution in [2.75, 3.05) is 0 Å². The lowest BCUT2D eigenvalue weighted by atomic mass is 10.0. The molecule has 88 valence electrons. The van der Waals surface area contributed by atoms with Gasteiger partial charge in [-0.1, -0.05) is 19.4 Å². The summed E-state index contributed by atoms with van der Waals surface area (Å²) in [6.45, 7) is 3.55. The van der Waals surface area contributed by atoms with E-state index in [9.17, 15) is 4.79 Å². The molecule has 0 aliphatic carbocycles. The van der Waals surface area contributed by atoms with Gasteiger partial charge < -0.3 is 9.84 Å². The van der Waals surface area contributed by atoms with E-state index < -0.39 is 11.6 Å². The molecule has 16 heavy (non-hydrogen) atoms. The maximum atomic E-state index is 11.2. The molecule has 0 bridgehead atoms. The van der Waals surface area contributed by atoms with E-state index in [4.69, 9.17) is 9.84 Å². The van der Waals surface area contributed by atoms with Gasteiger partial charge in [-0.3, -0.25) is 0 Å². The van der Waals surface area contributed by atoms with E-state index in [1.165, 1.54) is 0 Å². The SMILES string of the molecule is CCCC(C)(Oc1cccc(I)c1)C(=O)O. The third-order valence-corrected chi connectivity index (χ3v) is 2.99. The Balaban J connectivity index is 2.87. The van der Waals surface area contributed by atoms with E-state index >= 15 is 0 Å². The zero-order valence-electron chi connectivity index (χ0n) is 9.37. The molecule has 3 nitrogen and oxygen atoms in total. The number of carbonyl (C=O) groups is 1. The molecule has 0 radical (unpaired) electrons. The number of aliphatic carboxylic acids is 1. The standard InChI is InChI=1S/C12H15IO3/c1-3-7-12(2,11(14)15)16-10-6-4-5-9(13)8-10/h4-6,8H,3,7H2,1-2H3,(H,14,15). The Morgan fingerprint density at radius 2 is 2.25 bits per heavy atom. The Bertz CT molecular complexity index is 378. The van der Waals surface area contributed by atoms with Gasteiger partial charge in [-0.05, 0) is 54.1 Å². The van der Waals surface area contributed by atoms with Crippen molar-refractivity contribution in [3.8, 4) is 5.75 Å². The van der Waals surface area contributed by atoms with Gasteiger partial charge in [0.15, 0.2) is 0 Å². The summed E-state index contributed by atoms with van der Waals surface area (Å²) >= 11 is 2.17. The molecule has 1 unspecified atom stereocenters. The molecule has 0 spiro atoms. The van der Waals surface area contributed by atoms with Crippen LogP contribution in [-0.4, -0.2) is 16.7 Å². The van der Waals surface area contributed by atoms with Gasteiger partial charge in [0.05, 0.1) is 0 Å². The molecular formula is C12H15IO3. The van der Waals surface area contributed by atoms with Gasteiger partial charge in [-0.15, -0.1) is 0 Å². The molecule has 1 rings (SSSR count). The number of carboxylic acids is 1. The molecule has 0 aromatic heterocycles. The van der Waals surface area contributed by atoms with Crippen LogP contribution >= 0.6 is 22.6 Å². The maximum absolute atomic E-state index is 11.2. The Labute approximate surface area is 109 Å². The Kier molecular flexibility index (Phi) is 4.58. The molecule has 1 aromatic carbocycles. The van der Waals surface area contributed by atoms with Gasteiger partial charge in [0, 0.05) is 3.57 Å². The number of hydrogen-bond acceptors (Lipinski definition) is 2. The first kappa shape index (κ1) is 13.3. The first-order chi connectivity index (χ1) is 7.48. The monoisotopic (exact) mass is 334 g/mol. The molecule has 0 amide bonds. The molecule has 1 atom stereocenters. The van der Waals surface area contributed by atoms with Crippen molar-refractivity contribution in [2.45, 2.75) is 32.3 Å². The van der Waals surface area contributed by atoms with Crippen LogP contribution in [0.25, 0.3) is 0 Å². The van der Waals surface area contributed by atoms with Crippen LogP contribution in [0.5, 0.6) is 5.75 Å². The highest BCUT2D eigenvalue weighted by molar-refractivity contribution is 14.1. The van der Waals surface area contributed by atoms with Crippen molar-refractivity contribution in [1.29, 1.82) is 0 Å². The van der Waals surface area contributed by atoms with Gasteiger partial charge in [0.1, 0.15) is 5.75 Å². The van der Waals surface area contributed by atoms with Crippen molar-refractivity contribution in [1.82, 2.24) is 0 Å². The summed E-state index contributed by atoms with van der Waals surface area (Å²) < 4.78 is 6.61. The summed E-state index contributed by atoms with van der Waals surface area (Å²) in [5, 5.41) is 9.17. The summed E-state index contributed by atoms with van der Waals surface area (Å²) in [5.74, 6) is -0.321. The highest BCUT2D eigenvalue weighted by Gasteiger charge is 2.34. The molecular weight excluding hydrogens is 319 g/mol. The minimum Gasteiger partial charge on any atom is -0.478 e. The number of halogens is 1. The van der Waals surface area contributed by atoms with Crippen molar-refractivity contribution < 1.29 is 14.6 Å². The predicted octanol–water partition coefficient (Wildman–Crippen LogP) is 3.31. The van der Waals surface area contributed by atoms with Gasteiger partial charge in [0.25, 0.3) is 0 Å². The van der Waals surface area contributed by atoms with Gasteiger partial charge >= 0.3 is 5.97 Å². The van der Waals surface area contributed by atoms with Crippen LogP contribution in [-0.2, 0) is 4.79 Å². The smallest absolute Gasteiger partial charge is 0.347 e. The van der Waals surface area contributed by atoms with Crippen molar-refractivity contribution in [2.24, 2.45) is 0 Å². The Morgan fingerprint density at radius 1 is 1.56 bits per heavy atom.